The largest absolute Gasteiger partial charge is 0.481 e. The van der Waals surface area contributed by atoms with E-state index in [1.807, 2.05) is 19.1 Å². The van der Waals surface area contributed by atoms with Crippen molar-refractivity contribution in [3.63, 3.8) is 0 Å². The molecule has 0 fully saturated rings. The fourth-order valence-electron chi connectivity index (χ4n) is 1.09. The van der Waals surface area contributed by atoms with Crippen molar-refractivity contribution in [3.8, 4) is 6.07 Å². The molecule has 0 aromatic heterocycles. The molecule has 0 spiro atoms. The van der Waals surface area contributed by atoms with Gasteiger partial charge in [-0.25, -0.2) is 0 Å². The van der Waals surface area contributed by atoms with E-state index in [2.05, 4.69) is 6.07 Å². The average molecular weight is 221 g/mol. The maximum atomic E-state index is 10.3. The van der Waals surface area contributed by atoms with Crippen LogP contribution in [0.4, 0.5) is 0 Å². The molecule has 15 heavy (non-hydrogen) atoms. The van der Waals surface area contributed by atoms with Crippen LogP contribution in [0.1, 0.15) is 17.5 Å². The van der Waals surface area contributed by atoms with Crippen molar-refractivity contribution in [1.29, 1.82) is 5.26 Å². The lowest BCUT2D eigenvalue weighted by molar-refractivity contribution is -0.136. The summed E-state index contributed by atoms with van der Waals surface area (Å²) in [6.45, 7) is 1.95. The Kier molecular flexibility index (Phi) is 4.19. The van der Waals surface area contributed by atoms with Crippen LogP contribution in [0.3, 0.4) is 0 Å². The third-order valence-electron chi connectivity index (χ3n) is 1.83. The zero-order valence-corrected chi connectivity index (χ0v) is 9.17. The zero-order chi connectivity index (χ0) is 11.3. The standard InChI is InChI=1S/C11H11NO2S/c1-8-2-3-9(7-12)10(6-8)15-5-4-11(13)14/h2-3,6H,4-5H2,1H3,(H,13,14). The molecular formula is C11H11NO2S. The molecule has 0 amide bonds. The summed E-state index contributed by atoms with van der Waals surface area (Å²) in [5.74, 6) is -0.318. The monoisotopic (exact) mass is 221 g/mol. The first-order valence-electron chi connectivity index (χ1n) is 4.49. The molecular weight excluding hydrogens is 210 g/mol. The summed E-state index contributed by atoms with van der Waals surface area (Å²) in [4.78, 5) is 11.2. The Bertz CT molecular complexity index is 410. The summed E-state index contributed by atoms with van der Waals surface area (Å²) in [6.07, 6.45) is 0.115. The van der Waals surface area contributed by atoms with Gasteiger partial charge in [-0.05, 0) is 24.6 Å². The van der Waals surface area contributed by atoms with Crippen LogP contribution >= 0.6 is 11.8 Å². The van der Waals surface area contributed by atoms with E-state index < -0.39 is 5.97 Å². The summed E-state index contributed by atoms with van der Waals surface area (Å²) in [5.41, 5.74) is 1.68. The van der Waals surface area contributed by atoms with Crippen molar-refractivity contribution in [2.45, 2.75) is 18.2 Å². The van der Waals surface area contributed by atoms with E-state index in [9.17, 15) is 4.79 Å². The number of aryl methyl sites for hydroxylation is 1. The van der Waals surface area contributed by atoms with Crippen molar-refractivity contribution < 1.29 is 9.90 Å². The lowest BCUT2D eigenvalue weighted by Gasteiger charge is -2.03. The number of aliphatic carboxylic acids is 1. The number of nitriles is 1. The predicted octanol–water partition coefficient (Wildman–Crippen LogP) is 2.43. The maximum absolute atomic E-state index is 10.3. The number of carboxylic acid groups (broad SMARTS) is 1. The van der Waals surface area contributed by atoms with Gasteiger partial charge >= 0.3 is 5.97 Å². The number of benzene rings is 1. The van der Waals surface area contributed by atoms with E-state index in [0.29, 0.717) is 11.3 Å². The summed E-state index contributed by atoms with van der Waals surface area (Å²) >= 11 is 1.41. The minimum Gasteiger partial charge on any atom is -0.481 e. The van der Waals surface area contributed by atoms with Crippen LogP contribution in [0, 0.1) is 18.3 Å². The number of thioether (sulfide) groups is 1. The summed E-state index contributed by atoms with van der Waals surface area (Å²) in [7, 11) is 0. The van der Waals surface area contributed by atoms with E-state index in [-0.39, 0.29) is 6.42 Å². The number of hydrogen-bond donors (Lipinski definition) is 1. The number of carbonyl (C=O) groups is 1. The first kappa shape index (κ1) is 11.6. The molecule has 0 unspecified atom stereocenters. The summed E-state index contributed by atoms with van der Waals surface area (Å²) < 4.78 is 0. The van der Waals surface area contributed by atoms with Crippen molar-refractivity contribution >= 4 is 17.7 Å². The van der Waals surface area contributed by atoms with Crippen molar-refractivity contribution in [1.82, 2.24) is 0 Å². The second-order valence-corrected chi connectivity index (χ2v) is 4.24. The number of nitrogens with zero attached hydrogens (tertiary/aromatic N) is 1. The Morgan fingerprint density at radius 2 is 2.33 bits per heavy atom. The van der Waals surface area contributed by atoms with Crippen LogP contribution in [0.2, 0.25) is 0 Å². The number of hydrogen-bond acceptors (Lipinski definition) is 3. The molecule has 0 aliphatic heterocycles. The van der Waals surface area contributed by atoms with Gasteiger partial charge in [-0.3, -0.25) is 4.79 Å². The predicted molar refractivity (Wildman–Crippen MR) is 58.9 cm³/mol. The Hall–Kier alpha value is -1.47. The van der Waals surface area contributed by atoms with E-state index in [0.717, 1.165) is 10.5 Å². The van der Waals surface area contributed by atoms with Crippen LogP contribution in [0.25, 0.3) is 0 Å². The minimum atomic E-state index is -0.811. The van der Waals surface area contributed by atoms with Crippen LogP contribution < -0.4 is 0 Å². The second-order valence-electron chi connectivity index (χ2n) is 3.10. The molecule has 4 heteroatoms. The van der Waals surface area contributed by atoms with Gasteiger partial charge in [-0.1, -0.05) is 6.07 Å². The topological polar surface area (TPSA) is 61.1 Å². The Labute approximate surface area is 92.7 Å². The number of rotatable bonds is 4. The van der Waals surface area contributed by atoms with Gasteiger partial charge in [0.25, 0.3) is 0 Å². The highest BCUT2D eigenvalue weighted by molar-refractivity contribution is 7.99. The molecule has 0 aliphatic carbocycles. The molecule has 0 radical (unpaired) electrons. The van der Waals surface area contributed by atoms with E-state index in [1.54, 1.807) is 6.07 Å². The molecule has 0 aliphatic rings. The van der Waals surface area contributed by atoms with Crippen molar-refractivity contribution in [2.24, 2.45) is 0 Å². The van der Waals surface area contributed by atoms with Crippen LogP contribution in [-0.2, 0) is 4.79 Å². The van der Waals surface area contributed by atoms with Gasteiger partial charge < -0.3 is 5.11 Å². The molecule has 1 rings (SSSR count). The fraction of sp³-hybridized carbons (Fsp3) is 0.273. The van der Waals surface area contributed by atoms with Gasteiger partial charge in [0.2, 0.25) is 0 Å². The van der Waals surface area contributed by atoms with Gasteiger partial charge in [-0.2, -0.15) is 5.26 Å². The lowest BCUT2D eigenvalue weighted by Crippen LogP contribution is -1.96. The first-order chi connectivity index (χ1) is 7.13. The molecule has 78 valence electrons. The highest BCUT2D eigenvalue weighted by Crippen LogP contribution is 2.24. The summed E-state index contributed by atoms with van der Waals surface area (Å²) in [6, 6.07) is 7.64. The summed E-state index contributed by atoms with van der Waals surface area (Å²) in [5, 5.41) is 17.3. The Balaban J connectivity index is 2.71. The maximum Gasteiger partial charge on any atom is 0.304 e. The highest BCUT2D eigenvalue weighted by atomic mass is 32.2. The quantitative estimate of drug-likeness (QED) is 0.793. The molecule has 0 bridgehead atoms. The smallest absolute Gasteiger partial charge is 0.304 e. The van der Waals surface area contributed by atoms with E-state index >= 15 is 0 Å². The molecule has 0 heterocycles. The molecule has 0 saturated heterocycles. The Morgan fingerprint density at radius 1 is 1.60 bits per heavy atom. The third-order valence-corrected chi connectivity index (χ3v) is 2.89. The first-order valence-corrected chi connectivity index (χ1v) is 5.47. The molecule has 3 nitrogen and oxygen atoms in total. The molecule has 0 atom stereocenters. The minimum absolute atomic E-state index is 0.115. The van der Waals surface area contributed by atoms with E-state index in [4.69, 9.17) is 10.4 Å². The highest BCUT2D eigenvalue weighted by Gasteiger charge is 2.04. The van der Waals surface area contributed by atoms with Crippen LogP contribution in [-0.4, -0.2) is 16.8 Å². The van der Waals surface area contributed by atoms with Gasteiger partial charge in [0.05, 0.1) is 12.0 Å². The Morgan fingerprint density at radius 3 is 2.93 bits per heavy atom. The number of carboxylic acids is 1. The van der Waals surface area contributed by atoms with Crippen molar-refractivity contribution in [3.05, 3.63) is 29.3 Å². The molecule has 1 aromatic rings. The third kappa shape index (κ3) is 3.64. The molecule has 0 saturated carbocycles. The normalized spacial score (nSPS) is 9.60. The van der Waals surface area contributed by atoms with Gasteiger partial charge in [-0.15, -0.1) is 11.8 Å². The van der Waals surface area contributed by atoms with Gasteiger partial charge in [0, 0.05) is 10.6 Å². The van der Waals surface area contributed by atoms with Crippen molar-refractivity contribution in [2.75, 3.05) is 5.75 Å². The second kappa shape index (κ2) is 5.42. The molecule has 1 N–H and O–H groups in total. The zero-order valence-electron chi connectivity index (χ0n) is 8.36. The van der Waals surface area contributed by atoms with Gasteiger partial charge in [0.15, 0.2) is 0 Å². The fourth-order valence-corrected chi connectivity index (χ4v) is 2.12. The van der Waals surface area contributed by atoms with Crippen LogP contribution in [0.15, 0.2) is 23.1 Å². The molecule has 1 aromatic carbocycles. The van der Waals surface area contributed by atoms with E-state index in [1.165, 1.54) is 11.8 Å². The van der Waals surface area contributed by atoms with Crippen LogP contribution in [0.5, 0.6) is 0 Å². The average Bonchev–Trinajstić information content (AvgIpc) is 2.17. The van der Waals surface area contributed by atoms with Gasteiger partial charge in [0.1, 0.15) is 6.07 Å². The lowest BCUT2D eigenvalue weighted by atomic mass is 10.2. The SMILES string of the molecule is Cc1ccc(C#N)c(SCCC(=O)O)c1.